The molecule has 5 heteroatoms. The van der Waals surface area contributed by atoms with Crippen molar-refractivity contribution < 1.29 is 14.3 Å². The Labute approximate surface area is 98.3 Å². The summed E-state index contributed by atoms with van der Waals surface area (Å²) in [6.45, 7) is 0. The lowest BCUT2D eigenvalue weighted by Gasteiger charge is -2.05. The van der Waals surface area contributed by atoms with Crippen LogP contribution in [-0.2, 0) is 16.0 Å². The number of ketones is 1. The van der Waals surface area contributed by atoms with Gasteiger partial charge in [0.25, 0.3) is 0 Å². The number of carbonyl (C=O) groups excluding carboxylic acids is 2. The quantitative estimate of drug-likeness (QED) is 0.492. The van der Waals surface area contributed by atoms with E-state index in [1.165, 1.54) is 13.2 Å². The number of methoxy groups -OCH3 is 1. The van der Waals surface area contributed by atoms with Crippen LogP contribution in [0.3, 0.4) is 0 Å². The van der Waals surface area contributed by atoms with Crippen LogP contribution >= 0.6 is 11.6 Å². The summed E-state index contributed by atoms with van der Waals surface area (Å²) in [4.78, 5) is 22.4. The number of esters is 1. The Kier molecular flexibility index (Phi) is 4.31. The molecule has 16 heavy (non-hydrogen) atoms. The fourth-order valence-corrected chi connectivity index (χ4v) is 1.43. The van der Waals surface area contributed by atoms with Crippen LogP contribution in [0.15, 0.2) is 18.2 Å². The smallest absolute Gasteiger partial charge is 0.337 e. The van der Waals surface area contributed by atoms with E-state index in [4.69, 9.17) is 17.3 Å². The minimum Gasteiger partial charge on any atom is -0.465 e. The van der Waals surface area contributed by atoms with Gasteiger partial charge in [-0.15, -0.1) is 11.6 Å². The van der Waals surface area contributed by atoms with Crippen molar-refractivity contribution in [3.05, 3.63) is 29.3 Å². The number of alkyl halides is 1. The van der Waals surface area contributed by atoms with Crippen LogP contribution in [0.5, 0.6) is 0 Å². The molecule has 1 aromatic rings. The van der Waals surface area contributed by atoms with Crippen LogP contribution in [0, 0.1) is 0 Å². The van der Waals surface area contributed by atoms with Gasteiger partial charge in [0.1, 0.15) is 0 Å². The molecular formula is C11H12ClNO3. The fraction of sp³-hybridized carbons (Fsp3) is 0.273. The molecule has 1 aromatic carbocycles. The molecule has 0 aromatic heterocycles. The van der Waals surface area contributed by atoms with Crippen molar-refractivity contribution in [1.82, 2.24) is 0 Å². The van der Waals surface area contributed by atoms with E-state index in [1.54, 1.807) is 12.1 Å². The van der Waals surface area contributed by atoms with Gasteiger partial charge in [0, 0.05) is 12.1 Å². The molecule has 2 N–H and O–H groups in total. The van der Waals surface area contributed by atoms with Crippen molar-refractivity contribution in [3.8, 4) is 0 Å². The summed E-state index contributed by atoms with van der Waals surface area (Å²) in [5, 5.41) is 0. The van der Waals surface area contributed by atoms with E-state index in [0.29, 0.717) is 16.8 Å². The minimum atomic E-state index is -0.480. The maximum atomic E-state index is 11.3. The van der Waals surface area contributed by atoms with Gasteiger partial charge < -0.3 is 10.5 Å². The van der Waals surface area contributed by atoms with E-state index in [0.717, 1.165) is 0 Å². The second-order valence-electron chi connectivity index (χ2n) is 3.30. The third kappa shape index (κ3) is 3.24. The molecule has 0 heterocycles. The molecular weight excluding hydrogens is 230 g/mol. The number of rotatable bonds is 4. The summed E-state index contributed by atoms with van der Waals surface area (Å²) in [6.07, 6.45) is 0.165. The van der Waals surface area contributed by atoms with Crippen LogP contribution in [0.4, 0.5) is 5.69 Å². The van der Waals surface area contributed by atoms with Crippen LogP contribution < -0.4 is 5.73 Å². The van der Waals surface area contributed by atoms with Crippen molar-refractivity contribution in [2.24, 2.45) is 0 Å². The molecule has 1 rings (SSSR count). The predicted molar refractivity (Wildman–Crippen MR) is 61.6 cm³/mol. The summed E-state index contributed by atoms with van der Waals surface area (Å²) in [5.74, 6) is -0.655. The first-order valence-corrected chi connectivity index (χ1v) is 5.15. The van der Waals surface area contributed by atoms with Crippen molar-refractivity contribution in [1.29, 1.82) is 0 Å². The third-order valence-corrected chi connectivity index (χ3v) is 2.28. The van der Waals surface area contributed by atoms with E-state index in [1.807, 2.05) is 0 Å². The predicted octanol–water partition coefficient (Wildman–Crippen LogP) is 1.41. The average Bonchev–Trinajstić information content (AvgIpc) is 2.27. The first-order valence-electron chi connectivity index (χ1n) is 4.62. The van der Waals surface area contributed by atoms with Crippen LogP contribution in [0.2, 0.25) is 0 Å². The molecule has 0 bridgehead atoms. The highest BCUT2D eigenvalue weighted by molar-refractivity contribution is 6.27. The normalized spacial score (nSPS) is 9.88. The van der Waals surface area contributed by atoms with Gasteiger partial charge in [-0.05, 0) is 23.8 Å². The average molecular weight is 242 g/mol. The largest absolute Gasteiger partial charge is 0.465 e. The van der Waals surface area contributed by atoms with Gasteiger partial charge in [0.2, 0.25) is 0 Å². The van der Waals surface area contributed by atoms with E-state index < -0.39 is 5.97 Å². The van der Waals surface area contributed by atoms with Crippen molar-refractivity contribution in [3.63, 3.8) is 0 Å². The van der Waals surface area contributed by atoms with Gasteiger partial charge in [-0.3, -0.25) is 4.79 Å². The lowest BCUT2D eigenvalue weighted by Crippen LogP contribution is -2.07. The molecule has 4 nitrogen and oxygen atoms in total. The number of hydrogen-bond acceptors (Lipinski definition) is 4. The monoisotopic (exact) mass is 241 g/mol. The first-order chi connectivity index (χ1) is 7.56. The van der Waals surface area contributed by atoms with Crippen molar-refractivity contribution in [2.45, 2.75) is 6.42 Å². The topological polar surface area (TPSA) is 69.4 Å². The zero-order valence-corrected chi connectivity index (χ0v) is 9.58. The second kappa shape index (κ2) is 5.51. The Morgan fingerprint density at radius 1 is 1.38 bits per heavy atom. The maximum absolute atomic E-state index is 11.3. The van der Waals surface area contributed by atoms with Gasteiger partial charge in [-0.1, -0.05) is 0 Å². The van der Waals surface area contributed by atoms with Gasteiger partial charge in [0.05, 0.1) is 18.6 Å². The second-order valence-corrected chi connectivity index (χ2v) is 3.57. The molecule has 0 aliphatic heterocycles. The molecule has 0 saturated heterocycles. The Morgan fingerprint density at radius 2 is 2.06 bits per heavy atom. The molecule has 0 atom stereocenters. The van der Waals surface area contributed by atoms with E-state index in [9.17, 15) is 9.59 Å². The first kappa shape index (κ1) is 12.5. The van der Waals surface area contributed by atoms with E-state index >= 15 is 0 Å². The summed E-state index contributed by atoms with van der Waals surface area (Å²) < 4.78 is 4.57. The fourth-order valence-electron chi connectivity index (χ4n) is 1.33. The standard InChI is InChI=1S/C11H12ClNO3/c1-16-11(15)8-2-7(3-9(13)5-8)4-10(14)6-12/h2-3,5H,4,6,13H2,1H3. The number of benzene rings is 1. The molecule has 0 radical (unpaired) electrons. The minimum absolute atomic E-state index is 0.0532. The number of nitrogens with two attached hydrogens (primary N) is 1. The Morgan fingerprint density at radius 3 is 2.62 bits per heavy atom. The van der Waals surface area contributed by atoms with Crippen molar-refractivity contribution >= 4 is 29.0 Å². The zero-order chi connectivity index (χ0) is 12.1. The van der Waals surface area contributed by atoms with Gasteiger partial charge >= 0.3 is 5.97 Å². The van der Waals surface area contributed by atoms with Crippen molar-refractivity contribution in [2.75, 3.05) is 18.7 Å². The Hall–Kier alpha value is -1.55. The summed E-state index contributed by atoms with van der Waals surface area (Å²) in [6, 6.07) is 4.71. The number of hydrogen-bond donors (Lipinski definition) is 1. The molecule has 0 aliphatic carbocycles. The number of ether oxygens (including phenoxy) is 1. The van der Waals surface area contributed by atoms with Gasteiger partial charge in [-0.2, -0.15) is 0 Å². The molecule has 0 spiro atoms. The Balaban J connectivity index is 2.98. The van der Waals surface area contributed by atoms with Crippen LogP contribution in [0.1, 0.15) is 15.9 Å². The molecule has 0 amide bonds. The molecule has 0 unspecified atom stereocenters. The lowest BCUT2D eigenvalue weighted by molar-refractivity contribution is -0.116. The number of anilines is 1. The molecule has 86 valence electrons. The summed E-state index contributed by atoms with van der Waals surface area (Å²) in [5.41, 5.74) is 7.03. The highest BCUT2D eigenvalue weighted by Crippen LogP contribution is 2.14. The highest BCUT2D eigenvalue weighted by atomic mass is 35.5. The van der Waals surface area contributed by atoms with E-state index in [2.05, 4.69) is 4.74 Å². The highest BCUT2D eigenvalue weighted by Gasteiger charge is 2.09. The zero-order valence-electron chi connectivity index (χ0n) is 8.83. The number of halogens is 1. The number of nitrogen functional groups attached to an aromatic ring is 1. The van der Waals surface area contributed by atoms with Gasteiger partial charge in [0.15, 0.2) is 5.78 Å². The number of carbonyl (C=O) groups is 2. The number of Topliss-reactive ketones (excluding diaryl/α,β-unsaturated/α-hetero) is 1. The van der Waals surface area contributed by atoms with Crippen LogP contribution in [0.25, 0.3) is 0 Å². The lowest BCUT2D eigenvalue weighted by atomic mass is 10.1. The molecule has 0 fully saturated rings. The molecule has 0 saturated carbocycles. The Bertz CT molecular complexity index is 418. The maximum Gasteiger partial charge on any atom is 0.337 e. The SMILES string of the molecule is COC(=O)c1cc(N)cc(CC(=O)CCl)c1. The van der Waals surface area contributed by atoms with E-state index in [-0.39, 0.29) is 18.1 Å². The third-order valence-electron chi connectivity index (χ3n) is 1.99. The van der Waals surface area contributed by atoms with Gasteiger partial charge in [-0.25, -0.2) is 4.79 Å². The summed E-state index contributed by atoms with van der Waals surface area (Å²) >= 11 is 5.40. The summed E-state index contributed by atoms with van der Waals surface area (Å²) in [7, 11) is 1.29. The van der Waals surface area contributed by atoms with Crippen LogP contribution in [-0.4, -0.2) is 24.7 Å². The molecule has 0 aliphatic rings.